The molecule has 7 heteroatoms. The summed E-state index contributed by atoms with van der Waals surface area (Å²) < 4.78 is 5.39. The van der Waals surface area contributed by atoms with Crippen molar-refractivity contribution in [3.8, 4) is 0 Å². The number of likely N-dealkylation sites (tertiary alicyclic amines) is 2. The first-order valence-electron chi connectivity index (χ1n) is 9.74. The van der Waals surface area contributed by atoms with Crippen LogP contribution in [0.5, 0.6) is 0 Å². The molecule has 3 rings (SSSR count). The van der Waals surface area contributed by atoms with Gasteiger partial charge in [-0.25, -0.2) is 0 Å². The molecule has 2 atom stereocenters. The summed E-state index contributed by atoms with van der Waals surface area (Å²) in [6.45, 7) is 6.43. The van der Waals surface area contributed by atoms with Crippen molar-refractivity contribution in [3.63, 3.8) is 0 Å². The molecule has 0 unspecified atom stereocenters. The number of amides is 2. The zero-order valence-corrected chi connectivity index (χ0v) is 15.4. The first-order chi connectivity index (χ1) is 12.2. The molecule has 0 radical (unpaired) electrons. The van der Waals surface area contributed by atoms with E-state index in [1.165, 1.54) is 0 Å². The molecule has 3 saturated heterocycles. The van der Waals surface area contributed by atoms with E-state index in [-0.39, 0.29) is 24.4 Å². The highest BCUT2D eigenvalue weighted by atomic mass is 16.5. The first kappa shape index (κ1) is 18.6. The van der Waals surface area contributed by atoms with Crippen LogP contribution in [0.2, 0.25) is 0 Å². The Morgan fingerprint density at radius 2 is 1.92 bits per heavy atom. The molecule has 0 aromatic heterocycles. The maximum absolute atomic E-state index is 12.8. The maximum Gasteiger partial charge on any atom is 0.242 e. The fourth-order valence-corrected chi connectivity index (χ4v) is 4.24. The van der Waals surface area contributed by atoms with E-state index in [0.717, 1.165) is 71.5 Å². The maximum atomic E-state index is 12.8. The van der Waals surface area contributed by atoms with Crippen LogP contribution in [-0.4, -0.2) is 98.1 Å². The van der Waals surface area contributed by atoms with Gasteiger partial charge >= 0.3 is 0 Å². The van der Waals surface area contributed by atoms with Gasteiger partial charge in [0.25, 0.3) is 0 Å². The van der Waals surface area contributed by atoms with E-state index >= 15 is 0 Å². The van der Waals surface area contributed by atoms with Crippen molar-refractivity contribution in [1.29, 1.82) is 0 Å². The van der Waals surface area contributed by atoms with Gasteiger partial charge in [0.1, 0.15) is 0 Å². The third kappa shape index (κ3) is 4.71. The molecule has 0 saturated carbocycles. The number of rotatable bonds is 6. The number of carbonyl (C=O) groups is 2. The minimum Gasteiger partial charge on any atom is -0.379 e. The van der Waals surface area contributed by atoms with E-state index in [1.54, 1.807) is 4.90 Å². The summed E-state index contributed by atoms with van der Waals surface area (Å²) >= 11 is 0. The van der Waals surface area contributed by atoms with Gasteiger partial charge in [0, 0.05) is 38.8 Å². The Labute approximate surface area is 150 Å². The second-order valence-corrected chi connectivity index (χ2v) is 7.37. The molecule has 0 aromatic carbocycles. The van der Waals surface area contributed by atoms with Crippen LogP contribution in [0.3, 0.4) is 0 Å². The number of nitrogens with one attached hydrogen (secondary N) is 1. The Balaban J connectivity index is 1.49. The van der Waals surface area contributed by atoms with Gasteiger partial charge in [-0.05, 0) is 39.2 Å². The van der Waals surface area contributed by atoms with Crippen LogP contribution in [0.4, 0.5) is 0 Å². The van der Waals surface area contributed by atoms with Gasteiger partial charge in [0.15, 0.2) is 0 Å². The van der Waals surface area contributed by atoms with E-state index in [2.05, 4.69) is 10.2 Å². The molecule has 3 heterocycles. The van der Waals surface area contributed by atoms with Gasteiger partial charge in [-0.3, -0.25) is 14.5 Å². The Morgan fingerprint density at radius 3 is 2.68 bits per heavy atom. The summed E-state index contributed by atoms with van der Waals surface area (Å²) in [5.41, 5.74) is 0. The van der Waals surface area contributed by atoms with Gasteiger partial charge in [-0.2, -0.15) is 0 Å². The number of likely N-dealkylation sites (N-methyl/N-ethyl adjacent to an activating group) is 1. The number of morpholine rings is 1. The van der Waals surface area contributed by atoms with Crippen molar-refractivity contribution < 1.29 is 14.3 Å². The molecule has 3 fully saturated rings. The van der Waals surface area contributed by atoms with Crippen LogP contribution in [-0.2, 0) is 14.3 Å². The van der Waals surface area contributed by atoms with E-state index in [9.17, 15) is 9.59 Å². The minimum atomic E-state index is -0.128. The van der Waals surface area contributed by atoms with Gasteiger partial charge in [-0.15, -0.1) is 0 Å². The summed E-state index contributed by atoms with van der Waals surface area (Å²) in [5.74, 6) is 0.195. The summed E-state index contributed by atoms with van der Waals surface area (Å²) in [6, 6.07) is 0.201. The Hall–Kier alpha value is -1.18. The molecule has 7 nitrogen and oxygen atoms in total. The monoisotopic (exact) mass is 352 g/mol. The van der Waals surface area contributed by atoms with Crippen LogP contribution in [0.25, 0.3) is 0 Å². The lowest BCUT2D eigenvalue weighted by molar-refractivity contribution is -0.143. The van der Waals surface area contributed by atoms with Crippen molar-refractivity contribution in [1.82, 2.24) is 20.0 Å². The predicted octanol–water partition coefficient (Wildman–Crippen LogP) is -0.0899. The topological polar surface area (TPSA) is 65.1 Å². The highest BCUT2D eigenvalue weighted by Gasteiger charge is 2.33. The van der Waals surface area contributed by atoms with E-state index < -0.39 is 0 Å². The highest BCUT2D eigenvalue weighted by molar-refractivity contribution is 5.88. The molecule has 0 bridgehead atoms. The zero-order chi connectivity index (χ0) is 17.6. The summed E-state index contributed by atoms with van der Waals surface area (Å²) in [4.78, 5) is 31.4. The lowest BCUT2D eigenvalue weighted by Gasteiger charge is -2.34. The number of piperidine rings is 1. The highest BCUT2D eigenvalue weighted by Crippen LogP contribution is 2.22. The molecule has 0 aliphatic carbocycles. The quantitative estimate of drug-likeness (QED) is 0.724. The van der Waals surface area contributed by atoms with E-state index in [1.807, 2.05) is 11.9 Å². The molecule has 25 heavy (non-hydrogen) atoms. The van der Waals surface area contributed by atoms with Crippen molar-refractivity contribution in [3.05, 3.63) is 0 Å². The average molecular weight is 352 g/mol. The SMILES string of the molecule is CN[C@@H]1CCCN(CC(=O)N2CCC[C@H]2CCN2CCOCC2)C1=O. The van der Waals surface area contributed by atoms with Crippen LogP contribution in [0.1, 0.15) is 32.1 Å². The Kier molecular flexibility index (Phi) is 6.67. The largest absolute Gasteiger partial charge is 0.379 e. The Morgan fingerprint density at radius 1 is 1.16 bits per heavy atom. The molecular weight excluding hydrogens is 320 g/mol. The number of hydrogen-bond acceptors (Lipinski definition) is 5. The summed E-state index contributed by atoms with van der Waals surface area (Å²) in [7, 11) is 1.82. The summed E-state index contributed by atoms with van der Waals surface area (Å²) in [5, 5.41) is 3.06. The van der Waals surface area contributed by atoms with Crippen LogP contribution < -0.4 is 5.32 Å². The molecule has 3 aliphatic rings. The zero-order valence-electron chi connectivity index (χ0n) is 15.4. The average Bonchev–Trinajstić information content (AvgIpc) is 3.11. The van der Waals surface area contributed by atoms with Crippen LogP contribution in [0.15, 0.2) is 0 Å². The standard InChI is InChI=1S/C18H32N4O3/c1-19-16-5-3-7-21(18(16)24)14-17(23)22-8-2-4-15(22)6-9-20-10-12-25-13-11-20/h15-16,19H,2-14H2,1H3/t15-,16+/m0/s1. The van der Waals surface area contributed by atoms with Gasteiger partial charge in [-0.1, -0.05) is 0 Å². The fraction of sp³-hybridized carbons (Fsp3) is 0.889. The fourth-order valence-electron chi connectivity index (χ4n) is 4.24. The molecule has 3 aliphatic heterocycles. The van der Waals surface area contributed by atoms with Crippen molar-refractivity contribution in [2.45, 2.75) is 44.2 Å². The predicted molar refractivity (Wildman–Crippen MR) is 95.3 cm³/mol. The molecule has 0 spiro atoms. The normalized spacial score (nSPS) is 28.6. The minimum absolute atomic E-state index is 0.0752. The van der Waals surface area contributed by atoms with Gasteiger partial charge in [0.05, 0.1) is 25.8 Å². The first-order valence-corrected chi connectivity index (χ1v) is 9.74. The number of hydrogen-bond donors (Lipinski definition) is 1. The number of ether oxygens (including phenoxy) is 1. The van der Waals surface area contributed by atoms with E-state index in [0.29, 0.717) is 12.6 Å². The van der Waals surface area contributed by atoms with E-state index in [4.69, 9.17) is 4.74 Å². The number of carbonyl (C=O) groups excluding carboxylic acids is 2. The van der Waals surface area contributed by atoms with Gasteiger partial charge < -0.3 is 19.9 Å². The lowest BCUT2D eigenvalue weighted by Crippen LogP contribution is -2.53. The second-order valence-electron chi connectivity index (χ2n) is 7.37. The van der Waals surface area contributed by atoms with Crippen molar-refractivity contribution >= 4 is 11.8 Å². The lowest BCUT2D eigenvalue weighted by atomic mass is 10.0. The molecule has 0 aromatic rings. The van der Waals surface area contributed by atoms with Crippen molar-refractivity contribution in [2.24, 2.45) is 0 Å². The molecular formula is C18H32N4O3. The third-order valence-electron chi connectivity index (χ3n) is 5.78. The van der Waals surface area contributed by atoms with Crippen LogP contribution in [0, 0.1) is 0 Å². The van der Waals surface area contributed by atoms with Crippen molar-refractivity contribution in [2.75, 3.05) is 59.5 Å². The van der Waals surface area contributed by atoms with Crippen LogP contribution >= 0.6 is 0 Å². The molecule has 1 N–H and O–H groups in total. The van der Waals surface area contributed by atoms with Gasteiger partial charge in [0.2, 0.25) is 11.8 Å². The smallest absolute Gasteiger partial charge is 0.242 e. The molecule has 142 valence electrons. The third-order valence-corrected chi connectivity index (χ3v) is 5.78. The second kappa shape index (κ2) is 8.96. The Bertz CT molecular complexity index is 467. The molecule has 2 amide bonds. The number of nitrogens with zero attached hydrogens (tertiary/aromatic N) is 3. The summed E-state index contributed by atoms with van der Waals surface area (Å²) in [6.07, 6.45) is 5.02.